The third kappa shape index (κ3) is 5.31. The van der Waals surface area contributed by atoms with Crippen molar-refractivity contribution in [3.63, 3.8) is 0 Å². The van der Waals surface area contributed by atoms with Crippen LogP contribution in [0.4, 0.5) is 5.69 Å². The molecule has 1 aliphatic rings. The molecule has 0 aromatic heterocycles. The Morgan fingerprint density at radius 1 is 0.938 bits per heavy atom. The van der Waals surface area contributed by atoms with E-state index in [1.807, 2.05) is 0 Å². The average Bonchev–Trinajstić information content (AvgIpc) is 3.09. The Morgan fingerprint density at radius 3 is 2.09 bits per heavy atom. The van der Waals surface area contributed by atoms with Crippen LogP contribution in [-0.2, 0) is 19.9 Å². The third-order valence-corrected chi connectivity index (χ3v) is 9.12. The number of sulfone groups is 1. The molecule has 0 bridgehead atoms. The largest absolute Gasteiger partial charge is 0.495 e. The van der Waals surface area contributed by atoms with E-state index in [0.717, 1.165) is 25.7 Å². The van der Waals surface area contributed by atoms with Crippen molar-refractivity contribution in [3.05, 3.63) is 48.0 Å². The topological polar surface area (TPSA) is 110 Å². The first-order valence-corrected chi connectivity index (χ1v) is 13.6. The van der Waals surface area contributed by atoms with Gasteiger partial charge < -0.3 is 10.1 Å². The van der Waals surface area contributed by atoms with E-state index in [1.165, 1.54) is 53.9 Å². The Morgan fingerprint density at radius 2 is 1.53 bits per heavy atom. The summed E-state index contributed by atoms with van der Waals surface area (Å²) in [4.78, 5) is 13.0. The Bertz CT molecular complexity index is 1170. The lowest BCUT2D eigenvalue weighted by Gasteiger charge is -2.21. The second-order valence-electron chi connectivity index (χ2n) is 7.56. The number of nitrogens with zero attached hydrogens (tertiary/aromatic N) is 1. The lowest BCUT2D eigenvalue weighted by molar-refractivity contribution is 0.102. The van der Waals surface area contributed by atoms with Crippen LogP contribution in [0.3, 0.4) is 0 Å². The van der Waals surface area contributed by atoms with E-state index in [4.69, 9.17) is 4.74 Å². The van der Waals surface area contributed by atoms with Gasteiger partial charge in [-0.15, -0.1) is 0 Å². The highest BCUT2D eigenvalue weighted by molar-refractivity contribution is 7.91. The van der Waals surface area contributed by atoms with Crippen LogP contribution in [0, 0.1) is 0 Å². The predicted octanol–water partition coefficient (Wildman–Crippen LogP) is 3.31. The number of hydrogen-bond donors (Lipinski definition) is 1. The molecule has 1 N–H and O–H groups in total. The van der Waals surface area contributed by atoms with Gasteiger partial charge in [0.15, 0.2) is 9.84 Å². The molecule has 174 valence electrons. The molecular weight excluding hydrogens is 452 g/mol. The summed E-state index contributed by atoms with van der Waals surface area (Å²) in [6.45, 7) is 2.50. The third-order valence-electron chi connectivity index (χ3n) is 5.48. The molecule has 2 aromatic carbocycles. The summed E-state index contributed by atoms with van der Waals surface area (Å²) in [6.07, 6.45) is 3.66. The molecule has 0 aliphatic carbocycles. The van der Waals surface area contributed by atoms with Gasteiger partial charge in [-0.1, -0.05) is 19.8 Å². The van der Waals surface area contributed by atoms with E-state index in [1.54, 1.807) is 6.92 Å². The minimum absolute atomic E-state index is 0.0337. The maximum absolute atomic E-state index is 13.1. The standard InChI is InChI=1S/C22H28N2O6S2/c1-3-31(26,27)18-10-8-17(9-11-18)22(25)23-20-16-19(12-13-21(20)30-2)32(28,29)24-14-6-4-5-7-15-24/h8-13,16H,3-7,14-15H2,1-2H3,(H,23,25). The number of anilines is 1. The first kappa shape index (κ1) is 24.2. The summed E-state index contributed by atoms with van der Waals surface area (Å²) in [5, 5.41) is 2.68. The van der Waals surface area contributed by atoms with Crippen LogP contribution in [0.1, 0.15) is 43.0 Å². The highest BCUT2D eigenvalue weighted by Gasteiger charge is 2.26. The SMILES string of the molecule is CCS(=O)(=O)c1ccc(C(=O)Nc2cc(S(=O)(=O)N3CCCCCC3)ccc2OC)cc1. The van der Waals surface area contributed by atoms with Gasteiger partial charge in [-0.3, -0.25) is 4.79 Å². The van der Waals surface area contributed by atoms with Crippen molar-refractivity contribution in [1.82, 2.24) is 4.31 Å². The Kier molecular flexibility index (Phi) is 7.58. The van der Waals surface area contributed by atoms with Crippen LogP contribution < -0.4 is 10.1 Å². The van der Waals surface area contributed by atoms with Crippen molar-refractivity contribution in [3.8, 4) is 5.75 Å². The quantitative estimate of drug-likeness (QED) is 0.651. The molecule has 1 fully saturated rings. The first-order chi connectivity index (χ1) is 15.2. The molecule has 0 saturated carbocycles. The van der Waals surface area contributed by atoms with E-state index in [-0.39, 0.29) is 26.8 Å². The molecule has 32 heavy (non-hydrogen) atoms. The molecule has 10 heteroatoms. The molecule has 1 heterocycles. The molecule has 3 rings (SSSR count). The maximum Gasteiger partial charge on any atom is 0.255 e. The normalized spacial score (nSPS) is 15.7. The van der Waals surface area contributed by atoms with Crippen LogP contribution in [0.25, 0.3) is 0 Å². The van der Waals surface area contributed by atoms with Gasteiger partial charge in [0, 0.05) is 18.7 Å². The zero-order chi connectivity index (χ0) is 23.4. The van der Waals surface area contributed by atoms with Crippen LogP contribution >= 0.6 is 0 Å². The van der Waals surface area contributed by atoms with Gasteiger partial charge >= 0.3 is 0 Å². The summed E-state index contributed by atoms with van der Waals surface area (Å²) in [6, 6.07) is 9.98. The molecule has 1 amide bonds. The van der Waals surface area contributed by atoms with E-state index in [2.05, 4.69) is 5.32 Å². The number of rotatable bonds is 7. The molecule has 2 aromatic rings. The molecule has 0 unspecified atom stereocenters. The summed E-state index contributed by atoms with van der Waals surface area (Å²) in [7, 11) is -5.64. The Labute approximate surface area is 189 Å². The van der Waals surface area contributed by atoms with Gasteiger partial charge in [-0.25, -0.2) is 16.8 Å². The molecule has 0 spiro atoms. The van der Waals surface area contributed by atoms with E-state index in [0.29, 0.717) is 18.8 Å². The molecule has 0 radical (unpaired) electrons. The van der Waals surface area contributed by atoms with Gasteiger partial charge in [-0.2, -0.15) is 4.31 Å². The lowest BCUT2D eigenvalue weighted by atomic mass is 10.2. The van der Waals surface area contributed by atoms with E-state index in [9.17, 15) is 21.6 Å². The van der Waals surface area contributed by atoms with E-state index < -0.39 is 25.8 Å². The second kappa shape index (κ2) is 10.0. The van der Waals surface area contributed by atoms with E-state index >= 15 is 0 Å². The van der Waals surface area contributed by atoms with Crippen LogP contribution in [0.5, 0.6) is 5.75 Å². The lowest BCUT2D eigenvalue weighted by Crippen LogP contribution is -2.32. The first-order valence-electron chi connectivity index (χ1n) is 10.5. The maximum atomic E-state index is 13.1. The number of benzene rings is 2. The fourth-order valence-corrected chi connectivity index (χ4v) is 5.98. The van der Waals surface area contributed by atoms with Crippen LogP contribution in [-0.4, -0.2) is 53.0 Å². The highest BCUT2D eigenvalue weighted by Crippen LogP contribution is 2.30. The number of carbonyl (C=O) groups is 1. The number of hydrogen-bond acceptors (Lipinski definition) is 6. The number of nitrogens with one attached hydrogen (secondary N) is 1. The molecule has 8 nitrogen and oxygen atoms in total. The number of methoxy groups -OCH3 is 1. The summed E-state index contributed by atoms with van der Waals surface area (Å²) in [5.74, 6) is -0.222. The van der Waals surface area contributed by atoms with Crippen molar-refractivity contribution in [1.29, 1.82) is 0 Å². The highest BCUT2D eigenvalue weighted by atomic mass is 32.2. The van der Waals surface area contributed by atoms with Crippen molar-refractivity contribution in [2.24, 2.45) is 0 Å². The van der Waals surface area contributed by atoms with Crippen LogP contribution in [0.2, 0.25) is 0 Å². The minimum atomic E-state index is -3.70. The predicted molar refractivity (Wildman–Crippen MR) is 122 cm³/mol. The van der Waals surface area contributed by atoms with Gasteiger partial charge in [0.05, 0.1) is 28.3 Å². The van der Waals surface area contributed by atoms with Gasteiger partial charge in [0.25, 0.3) is 5.91 Å². The van der Waals surface area contributed by atoms with Crippen molar-refractivity contribution in [2.45, 2.75) is 42.4 Å². The Balaban J connectivity index is 1.86. The summed E-state index contributed by atoms with van der Waals surface area (Å²) < 4.78 is 56.9. The number of sulfonamides is 1. The monoisotopic (exact) mass is 480 g/mol. The molecule has 0 atom stereocenters. The van der Waals surface area contributed by atoms with Crippen molar-refractivity contribution >= 4 is 31.5 Å². The number of amides is 1. The zero-order valence-electron chi connectivity index (χ0n) is 18.2. The molecule has 1 aliphatic heterocycles. The van der Waals surface area contributed by atoms with Crippen LogP contribution in [0.15, 0.2) is 52.3 Å². The molecule has 1 saturated heterocycles. The zero-order valence-corrected chi connectivity index (χ0v) is 19.8. The second-order valence-corrected chi connectivity index (χ2v) is 11.8. The average molecular weight is 481 g/mol. The fraction of sp³-hybridized carbons (Fsp3) is 0.409. The summed E-state index contributed by atoms with van der Waals surface area (Å²) in [5.41, 5.74) is 0.460. The summed E-state index contributed by atoms with van der Waals surface area (Å²) >= 11 is 0. The molecular formula is C22H28N2O6S2. The number of carbonyl (C=O) groups excluding carboxylic acids is 1. The van der Waals surface area contributed by atoms with Gasteiger partial charge in [-0.05, 0) is 55.3 Å². The number of ether oxygens (including phenoxy) is 1. The smallest absolute Gasteiger partial charge is 0.255 e. The van der Waals surface area contributed by atoms with Gasteiger partial charge in [0.2, 0.25) is 10.0 Å². The van der Waals surface area contributed by atoms with Crippen molar-refractivity contribution < 1.29 is 26.4 Å². The minimum Gasteiger partial charge on any atom is -0.495 e. The van der Waals surface area contributed by atoms with Crippen molar-refractivity contribution in [2.75, 3.05) is 31.3 Å². The Hall–Kier alpha value is -2.43. The fourth-order valence-electron chi connectivity index (χ4n) is 3.55. The van der Waals surface area contributed by atoms with Gasteiger partial charge in [0.1, 0.15) is 5.75 Å².